The molecule has 0 saturated heterocycles. The van der Waals surface area contributed by atoms with Gasteiger partial charge in [-0.2, -0.15) is 5.10 Å². The van der Waals surface area contributed by atoms with Crippen molar-refractivity contribution < 1.29 is 4.79 Å². The van der Waals surface area contributed by atoms with Crippen molar-refractivity contribution >= 4 is 40.8 Å². The molecule has 3 aromatic rings. The summed E-state index contributed by atoms with van der Waals surface area (Å²) in [5.41, 5.74) is 1.83. The second-order valence-corrected chi connectivity index (χ2v) is 7.52. The van der Waals surface area contributed by atoms with E-state index in [0.717, 1.165) is 24.5 Å². The van der Waals surface area contributed by atoms with Crippen LogP contribution in [0.5, 0.6) is 0 Å². The summed E-state index contributed by atoms with van der Waals surface area (Å²) in [5.74, 6) is 0.950. The summed E-state index contributed by atoms with van der Waals surface area (Å²) in [6.07, 6.45) is 5.56. The highest BCUT2D eigenvalue weighted by molar-refractivity contribution is 7.98. The molecule has 8 nitrogen and oxygen atoms in total. The van der Waals surface area contributed by atoms with Gasteiger partial charge >= 0.3 is 6.03 Å². The third-order valence-electron chi connectivity index (χ3n) is 4.02. The Hall–Kier alpha value is -3.04. The maximum absolute atomic E-state index is 12.2. The quantitative estimate of drug-likeness (QED) is 0.487. The molecule has 2 heterocycles. The van der Waals surface area contributed by atoms with Gasteiger partial charge in [0.1, 0.15) is 5.82 Å². The number of benzene rings is 1. The Morgan fingerprint density at radius 1 is 1.10 bits per heavy atom. The molecule has 0 radical (unpaired) electrons. The van der Waals surface area contributed by atoms with Crippen LogP contribution in [0.15, 0.2) is 59.8 Å². The number of anilines is 4. The summed E-state index contributed by atoms with van der Waals surface area (Å²) in [6, 6.07) is 13.1. The van der Waals surface area contributed by atoms with Crippen molar-refractivity contribution in [2.45, 2.75) is 11.4 Å². The average Bonchev–Trinajstić information content (AvgIpc) is 3.15. The van der Waals surface area contributed by atoms with Crippen molar-refractivity contribution in [3.63, 3.8) is 0 Å². The lowest BCUT2D eigenvalue weighted by Gasteiger charge is -2.09. The van der Waals surface area contributed by atoms with Crippen molar-refractivity contribution in [2.75, 3.05) is 42.8 Å². The normalized spacial score (nSPS) is 10.8. The van der Waals surface area contributed by atoms with Crippen LogP contribution in [0.2, 0.25) is 0 Å². The number of carbonyl (C=O) groups excluding carboxylic acids is 1. The first kappa shape index (κ1) is 20.7. The van der Waals surface area contributed by atoms with Crippen molar-refractivity contribution in [1.82, 2.24) is 19.7 Å². The van der Waals surface area contributed by atoms with Crippen molar-refractivity contribution in [3.05, 3.63) is 54.9 Å². The Kier molecular flexibility index (Phi) is 7.09. The minimum absolute atomic E-state index is 0.385. The summed E-state index contributed by atoms with van der Waals surface area (Å²) >= 11 is 1.69. The third kappa shape index (κ3) is 6.51. The molecule has 29 heavy (non-hydrogen) atoms. The number of hydrogen-bond donors (Lipinski definition) is 3. The number of rotatable bonds is 8. The van der Waals surface area contributed by atoms with E-state index in [1.165, 1.54) is 4.90 Å². The number of pyridine rings is 1. The van der Waals surface area contributed by atoms with Gasteiger partial charge in [0.25, 0.3) is 0 Å². The summed E-state index contributed by atoms with van der Waals surface area (Å²) in [7, 11) is 4.01. The molecule has 0 aliphatic rings. The minimum Gasteiger partial charge on any atom is -0.354 e. The average molecular weight is 412 g/mol. The molecule has 0 bridgehead atoms. The van der Waals surface area contributed by atoms with E-state index in [1.54, 1.807) is 34.8 Å². The largest absolute Gasteiger partial charge is 0.354 e. The molecule has 0 atom stereocenters. The number of amides is 2. The first-order valence-electron chi connectivity index (χ1n) is 9.15. The van der Waals surface area contributed by atoms with Crippen LogP contribution in [0.1, 0.15) is 0 Å². The predicted molar refractivity (Wildman–Crippen MR) is 119 cm³/mol. The van der Waals surface area contributed by atoms with Crippen LogP contribution in [0, 0.1) is 0 Å². The maximum Gasteiger partial charge on any atom is 0.326 e. The molecule has 2 amide bonds. The zero-order valence-electron chi connectivity index (χ0n) is 16.7. The van der Waals surface area contributed by atoms with E-state index in [4.69, 9.17) is 0 Å². The minimum atomic E-state index is -0.385. The number of aromatic nitrogens is 3. The topological polar surface area (TPSA) is 87.1 Å². The molecule has 0 saturated carbocycles. The Labute approximate surface area is 174 Å². The summed E-state index contributed by atoms with van der Waals surface area (Å²) in [4.78, 5) is 19.7. The fraction of sp³-hybridized carbons (Fsp3) is 0.250. The van der Waals surface area contributed by atoms with Gasteiger partial charge in [-0.1, -0.05) is 6.07 Å². The third-order valence-corrected chi connectivity index (χ3v) is 4.75. The number of urea groups is 1. The molecule has 9 heteroatoms. The van der Waals surface area contributed by atoms with Crippen molar-refractivity contribution in [3.8, 4) is 0 Å². The summed E-state index contributed by atoms with van der Waals surface area (Å²) in [5, 5.41) is 13.0. The van der Waals surface area contributed by atoms with E-state index in [0.29, 0.717) is 11.6 Å². The molecule has 3 rings (SSSR count). The molecular formula is C20H25N7OS. The van der Waals surface area contributed by atoms with E-state index in [2.05, 4.69) is 43.1 Å². The predicted octanol–water partition coefficient (Wildman–Crippen LogP) is 3.95. The molecular weight excluding hydrogens is 386 g/mol. The molecule has 0 aliphatic heterocycles. The molecule has 1 aromatic carbocycles. The lowest BCUT2D eigenvalue weighted by molar-refractivity contribution is 0.262. The second kappa shape index (κ2) is 9.94. The lowest BCUT2D eigenvalue weighted by Crippen LogP contribution is -2.21. The first-order valence-corrected chi connectivity index (χ1v) is 10.4. The zero-order chi connectivity index (χ0) is 20.6. The highest BCUT2D eigenvalue weighted by Gasteiger charge is 2.07. The van der Waals surface area contributed by atoms with Crippen LogP contribution >= 0.6 is 11.8 Å². The Morgan fingerprint density at radius 2 is 1.93 bits per heavy atom. The van der Waals surface area contributed by atoms with Gasteiger partial charge < -0.3 is 10.2 Å². The van der Waals surface area contributed by atoms with Crippen molar-refractivity contribution in [2.24, 2.45) is 0 Å². The monoisotopic (exact) mass is 411 g/mol. The Morgan fingerprint density at radius 3 is 2.66 bits per heavy atom. The number of carbonyl (C=O) groups is 1. The van der Waals surface area contributed by atoms with Gasteiger partial charge in [-0.25, -0.2) is 9.78 Å². The van der Waals surface area contributed by atoms with E-state index in [9.17, 15) is 4.79 Å². The van der Waals surface area contributed by atoms with Crippen molar-refractivity contribution in [1.29, 1.82) is 0 Å². The van der Waals surface area contributed by atoms with Crippen LogP contribution in [-0.2, 0) is 6.54 Å². The van der Waals surface area contributed by atoms with Crippen LogP contribution in [-0.4, -0.2) is 52.6 Å². The molecule has 0 aliphatic carbocycles. The fourth-order valence-electron chi connectivity index (χ4n) is 2.53. The summed E-state index contributed by atoms with van der Waals surface area (Å²) in [6.45, 7) is 1.63. The van der Waals surface area contributed by atoms with Crippen LogP contribution in [0.25, 0.3) is 0 Å². The van der Waals surface area contributed by atoms with Crippen LogP contribution < -0.4 is 16.0 Å². The van der Waals surface area contributed by atoms with Gasteiger partial charge in [0, 0.05) is 29.4 Å². The fourth-order valence-corrected chi connectivity index (χ4v) is 2.99. The van der Waals surface area contributed by atoms with E-state index >= 15 is 0 Å². The van der Waals surface area contributed by atoms with Gasteiger partial charge in [0.05, 0.1) is 18.4 Å². The summed E-state index contributed by atoms with van der Waals surface area (Å²) < 4.78 is 1.79. The van der Waals surface area contributed by atoms with Gasteiger partial charge in [-0.15, -0.1) is 11.8 Å². The highest BCUT2D eigenvalue weighted by atomic mass is 32.2. The molecule has 3 N–H and O–H groups in total. The molecule has 152 valence electrons. The smallest absolute Gasteiger partial charge is 0.326 e. The van der Waals surface area contributed by atoms with Gasteiger partial charge in [0.15, 0.2) is 5.82 Å². The Bertz CT molecular complexity index is 940. The van der Waals surface area contributed by atoms with Gasteiger partial charge in [-0.3, -0.25) is 15.3 Å². The lowest BCUT2D eigenvalue weighted by atomic mass is 10.3. The molecule has 0 unspecified atom stereocenters. The number of thioether (sulfide) groups is 1. The zero-order valence-corrected chi connectivity index (χ0v) is 17.5. The number of likely N-dealkylation sites (N-methyl/N-ethyl adjacent to an activating group) is 1. The second-order valence-electron chi connectivity index (χ2n) is 6.64. The maximum atomic E-state index is 12.2. The van der Waals surface area contributed by atoms with E-state index in [1.807, 2.05) is 44.7 Å². The molecule has 0 fully saturated rings. The first-order chi connectivity index (χ1) is 14.0. The molecule has 2 aromatic heterocycles. The number of nitrogens with zero attached hydrogens (tertiary/aromatic N) is 4. The Balaban J connectivity index is 1.52. The van der Waals surface area contributed by atoms with Crippen LogP contribution in [0.4, 0.5) is 27.8 Å². The standard InChI is InChI=1S/C20H25N7OS/c1-26(2)11-12-27-10-9-19(25-27)24-20(28)23-18-8-7-16(14-21-18)22-15-5-4-6-17(13-15)29-3/h4-10,13-14,22H,11-12H2,1-3H3,(H2,21,23,24,25,28). The number of nitrogens with one attached hydrogen (secondary N) is 3. The van der Waals surface area contributed by atoms with Crippen LogP contribution in [0.3, 0.4) is 0 Å². The van der Waals surface area contributed by atoms with E-state index < -0.39 is 0 Å². The molecule has 0 spiro atoms. The van der Waals surface area contributed by atoms with Gasteiger partial charge in [0.2, 0.25) is 0 Å². The number of hydrogen-bond acceptors (Lipinski definition) is 6. The highest BCUT2D eigenvalue weighted by Crippen LogP contribution is 2.22. The van der Waals surface area contributed by atoms with E-state index in [-0.39, 0.29) is 6.03 Å². The SMILES string of the molecule is CSc1cccc(Nc2ccc(NC(=O)Nc3ccn(CCN(C)C)n3)nc2)c1. The van der Waals surface area contributed by atoms with Gasteiger partial charge in [-0.05, 0) is 50.7 Å².